The Labute approximate surface area is 154 Å². The predicted octanol–water partition coefficient (Wildman–Crippen LogP) is 0.366. The molecule has 0 unspecified atom stereocenters. The fourth-order valence-corrected chi connectivity index (χ4v) is 2.30. The molecule has 1 amide bonds. The zero-order valence-electron chi connectivity index (χ0n) is 15.1. The minimum absolute atomic E-state index is 0.0456. The summed E-state index contributed by atoms with van der Waals surface area (Å²) in [5, 5.41) is 19.1. The summed E-state index contributed by atoms with van der Waals surface area (Å²) in [7, 11) is 3.69. The molecule has 0 spiro atoms. The average Bonchev–Trinajstić information content (AvgIpc) is 3.22. The number of amides is 1. The number of anilines is 1. The monoisotopic (exact) mass is 369 g/mol. The summed E-state index contributed by atoms with van der Waals surface area (Å²) in [5.41, 5.74) is 10.8. The number of nitrogens with one attached hydrogen (secondary N) is 1. The Hall–Kier alpha value is -3.60. The maximum Gasteiger partial charge on any atom is 0.293 e. The number of aryl methyl sites for hydroxylation is 1. The first-order chi connectivity index (χ1) is 13.0. The second-order valence-corrected chi connectivity index (χ2v) is 6.12. The lowest BCUT2D eigenvalue weighted by Gasteiger charge is -2.11. The van der Waals surface area contributed by atoms with Crippen molar-refractivity contribution in [2.75, 3.05) is 19.8 Å². The molecule has 2 aromatic heterocycles. The number of rotatable bonds is 6. The highest BCUT2D eigenvalue weighted by atomic mass is 16.6. The molecule has 11 nitrogen and oxygen atoms in total. The Morgan fingerprint density at radius 2 is 2.07 bits per heavy atom. The van der Waals surface area contributed by atoms with Gasteiger partial charge in [0.1, 0.15) is 0 Å². The molecule has 3 N–H and O–H groups in total. The number of hydrogen-bond acceptors (Lipinski definition) is 9. The topological polar surface area (TPSA) is 140 Å². The summed E-state index contributed by atoms with van der Waals surface area (Å²) in [6.45, 7) is 2.36. The normalized spacial score (nSPS) is 11.4. The number of carbonyl (C=O) groups excluding carboxylic acids is 1. The number of nitrogens with zero attached hydrogens (tertiary/aromatic N) is 7. The first-order valence-electron chi connectivity index (χ1n) is 8.03. The second kappa shape index (κ2) is 7.74. The van der Waals surface area contributed by atoms with Gasteiger partial charge < -0.3 is 10.6 Å². The van der Waals surface area contributed by atoms with Crippen molar-refractivity contribution in [3.05, 3.63) is 46.8 Å². The number of hydrazone groups is 1. The van der Waals surface area contributed by atoms with Crippen molar-refractivity contribution in [3.8, 4) is 5.82 Å². The highest BCUT2D eigenvalue weighted by Gasteiger charge is 2.24. The van der Waals surface area contributed by atoms with Crippen molar-refractivity contribution in [1.29, 1.82) is 0 Å². The van der Waals surface area contributed by atoms with Gasteiger partial charge in [-0.1, -0.05) is 35.0 Å². The van der Waals surface area contributed by atoms with Crippen molar-refractivity contribution >= 4 is 17.9 Å². The molecule has 1 aromatic carbocycles. The molecule has 0 bridgehead atoms. The van der Waals surface area contributed by atoms with Crippen LogP contribution in [0.5, 0.6) is 0 Å². The van der Waals surface area contributed by atoms with Crippen LogP contribution in [0.1, 0.15) is 27.3 Å². The van der Waals surface area contributed by atoms with E-state index < -0.39 is 5.91 Å². The summed E-state index contributed by atoms with van der Waals surface area (Å²) in [5.74, 6) is -0.290. The lowest BCUT2D eigenvalue weighted by atomic mass is 10.2. The fourth-order valence-electron chi connectivity index (χ4n) is 2.30. The molecule has 3 aromatic rings. The van der Waals surface area contributed by atoms with E-state index in [4.69, 9.17) is 5.73 Å². The summed E-state index contributed by atoms with van der Waals surface area (Å²) in [6.07, 6.45) is 1.55. The molecule has 2 heterocycles. The van der Waals surface area contributed by atoms with Crippen LogP contribution in [0.15, 0.2) is 34.0 Å². The average molecular weight is 369 g/mol. The van der Waals surface area contributed by atoms with Gasteiger partial charge in [0.2, 0.25) is 11.6 Å². The number of carbonyl (C=O) groups is 1. The molecule has 0 atom stereocenters. The quantitative estimate of drug-likeness (QED) is 0.469. The van der Waals surface area contributed by atoms with Gasteiger partial charge >= 0.3 is 0 Å². The molecule has 0 aliphatic heterocycles. The lowest BCUT2D eigenvalue weighted by Crippen LogP contribution is -2.23. The Kier molecular flexibility index (Phi) is 5.22. The van der Waals surface area contributed by atoms with Crippen molar-refractivity contribution < 1.29 is 9.42 Å². The van der Waals surface area contributed by atoms with Crippen LogP contribution < -0.4 is 11.2 Å². The van der Waals surface area contributed by atoms with Gasteiger partial charge in [0.25, 0.3) is 5.91 Å². The van der Waals surface area contributed by atoms with Crippen LogP contribution in [-0.4, -0.2) is 56.4 Å². The summed E-state index contributed by atoms with van der Waals surface area (Å²) >= 11 is 0. The number of aromatic nitrogens is 5. The van der Waals surface area contributed by atoms with Crippen molar-refractivity contribution in [1.82, 2.24) is 35.6 Å². The van der Waals surface area contributed by atoms with Crippen LogP contribution in [0.3, 0.4) is 0 Å². The van der Waals surface area contributed by atoms with E-state index in [0.717, 1.165) is 11.1 Å². The fraction of sp³-hybridized carbons (Fsp3) is 0.250. The van der Waals surface area contributed by atoms with Crippen molar-refractivity contribution in [2.45, 2.75) is 13.5 Å². The molecule has 140 valence electrons. The van der Waals surface area contributed by atoms with E-state index in [9.17, 15) is 4.79 Å². The van der Waals surface area contributed by atoms with Crippen LogP contribution in [0, 0.1) is 6.92 Å². The smallest absolute Gasteiger partial charge is 0.293 e. The second-order valence-electron chi connectivity index (χ2n) is 6.12. The third-order valence-corrected chi connectivity index (χ3v) is 3.60. The van der Waals surface area contributed by atoms with Crippen LogP contribution in [0.4, 0.5) is 5.82 Å². The number of hydrogen-bond donors (Lipinski definition) is 2. The van der Waals surface area contributed by atoms with Gasteiger partial charge in [-0.2, -0.15) is 9.78 Å². The number of benzene rings is 1. The molecule has 0 fully saturated rings. The Bertz CT molecular complexity index is 957. The van der Waals surface area contributed by atoms with Gasteiger partial charge in [0.15, 0.2) is 5.69 Å². The first-order valence-corrected chi connectivity index (χ1v) is 8.03. The predicted molar refractivity (Wildman–Crippen MR) is 97.3 cm³/mol. The molecule has 0 aliphatic carbocycles. The van der Waals surface area contributed by atoms with E-state index in [0.29, 0.717) is 12.2 Å². The van der Waals surface area contributed by atoms with E-state index in [1.54, 1.807) is 6.21 Å². The van der Waals surface area contributed by atoms with Gasteiger partial charge in [0.05, 0.1) is 11.9 Å². The van der Waals surface area contributed by atoms with Crippen molar-refractivity contribution in [3.63, 3.8) is 0 Å². The first kappa shape index (κ1) is 18.2. The van der Waals surface area contributed by atoms with Gasteiger partial charge in [-0.25, -0.2) is 10.1 Å². The standard InChI is InChI=1S/C16H19N9O2/c1-10-4-6-11(7-5-10)8-18-20-16(26)13-12(9-24(2)3)25(23-19-13)15-14(17)21-27-22-15/h4-8H,9H2,1-3H3,(H2,17,21)(H,20,26)/b18-8-. The maximum atomic E-state index is 12.5. The van der Waals surface area contributed by atoms with Crippen LogP contribution in [-0.2, 0) is 6.54 Å². The molecule has 0 radical (unpaired) electrons. The lowest BCUT2D eigenvalue weighted by molar-refractivity contribution is 0.0948. The third kappa shape index (κ3) is 4.15. The molecule has 11 heteroatoms. The molecule has 0 saturated carbocycles. The Morgan fingerprint density at radius 3 is 2.70 bits per heavy atom. The minimum atomic E-state index is -0.503. The Balaban J connectivity index is 1.82. The maximum absolute atomic E-state index is 12.5. The van der Waals surface area contributed by atoms with E-state index in [1.807, 2.05) is 50.2 Å². The number of nitrogen functional groups attached to an aromatic ring is 1. The SMILES string of the molecule is Cc1ccc(/C=N\NC(=O)c2nnn(-c3nonc3N)c2CN(C)C)cc1. The molecule has 0 aliphatic rings. The highest BCUT2D eigenvalue weighted by molar-refractivity contribution is 5.94. The largest absolute Gasteiger partial charge is 0.378 e. The molecular weight excluding hydrogens is 350 g/mol. The summed E-state index contributed by atoms with van der Waals surface area (Å²) in [4.78, 5) is 14.4. The highest BCUT2D eigenvalue weighted by Crippen LogP contribution is 2.16. The third-order valence-electron chi connectivity index (χ3n) is 3.60. The molecule has 0 saturated heterocycles. The molecule has 3 rings (SSSR count). The summed E-state index contributed by atoms with van der Waals surface area (Å²) in [6, 6.07) is 7.72. The van der Waals surface area contributed by atoms with Crippen molar-refractivity contribution in [2.24, 2.45) is 5.10 Å². The summed E-state index contributed by atoms with van der Waals surface area (Å²) < 4.78 is 5.92. The van der Waals surface area contributed by atoms with E-state index >= 15 is 0 Å². The van der Waals surface area contributed by atoms with Crippen LogP contribution in [0.25, 0.3) is 5.82 Å². The van der Waals surface area contributed by atoms with E-state index in [-0.39, 0.29) is 17.3 Å². The zero-order valence-corrected chi connectivity index (χ0v) is 15.1. The van der Waals surface area contributed by atoms with Gasteiger partial charge in [-0.05, 0) is 36.9 Å². The molecule has 27 heavy (non-hydrogen) atoms. The van der Waals surface area contributed by atoms with Crippen LogP contribution in [0.2, 0.25) is 0 Å². The van der Waals surface area contributed by atoms with Gasteiger partial charge in [-0.15, -0.1) is 5.10 Å². The zero-order chi connectivity index (χ0) is 19.4. The van der Waals surface area contributed by atoms with Gasteiger partial charge in [0, 0.05) is 6.54 Å². The molecular formula is C16H19N9O2. The Morgan fingerprint density at radius 1 is 1.33 bits per heavy atom. The van der Waals surface area contributed by atoms with Crippen LogP contribution >= 0.6 is 0 Å². The van der Waals surface area contributed by atoms with E-state index in [2.05, 4.69) is 35.8 Å². The minimum Gasteiger partial charge on any atom is -0.378 e. The van der Waals surface area contributed by atoms with E-state index in [1.165, 1.54) is 4.68 Å². The number of nitrogens with two attached hydrogens (primary N) is 1. The van der Waals surface area contributed by atoms with Gasteiger partial charge in [-0.3, -0.25) is 4.79 Å².